The van der Waals surface area contributed by atoms with Crippen LogP contribution in [0.1, 0.15) is 43.0 Å². The molecule has 174 valence electrons. The highest BCUT2D eigenvalue weighted by Crippen LogP contribution is 2.45. The highest BCUT2D eigenvalue weighted by Gasteiger charge is 2.27. The minimum atomic E-state index is -0.223. The van der Waals surface area contributed by atoms with Gasteiger partial charge in [-0.3, -0.25) is 5.10 Å². The number of H-pyrrole nitrogens is 1. The Labute approximate surface area is 202 Å². The number of anilines is 2. The van der Waals surface area contributed by atoms with E-state index in [-0.39, 0.29) is 12.2 Å². The van der Waals surface area contributed by atoms with Crippen LogP contribution in [0.4, 0.5) is 16.3 Å². The molecule has 1 aromatic carbocycles. The molecule has 33 heavy (non-hydrogen) atoms. The Bertz CT molecular complexity index is 1130. The van der Waals surface area contributed by atoms with Gasteiger partial charge in [-0.15, -0.1) is 23.1 Å². The van der Waals surface area contributed by atoms with Crippen molar-refractivity contribution in [1.82, 2.24) is 20.1 Å². The first-order valence-electron chi connectivity index (χ1n) is 11.5. The highest BCUT2D eigenvalue weighted by atomic mass is 32.2. The fourth-order valence-electron chi connectivity index (χ4n) is 3.81. The average Bonchev–Trinajstić information content (AvgIpc) is 3.41. The third-order valence-electron chi connectivity index (χ3n) is 5.61. The monoisotopic (exact) mass is 483 g/mol. The lowest BCUT2D eigenvalue weighted by Gasteiger charge is -2.21. The molecule has 1 aliphatic heterocycles. The molecule has 2 aromatic heterocycles. The zero-order valence-corrected chi connectivity index (χ0v) is 20.8. The van der Waals surface area contributed by atoms with Crippen LogP contribution in [0.3, 0.4) is 0 Å². The number of carbonyl (C=O) groups excluding carboxylic acids is 1. The average molecular weight is 484 g/mol. The molecule has 0 bridgehead atoms. The molecule has 2 aliphatic rings. The number of thiazole rings is 1. The molecular weight excluding hydrogens is 454 g/mol. The Hall–Kier alpha value is -2.52. The van der Waals surface area contributed by atoms with Crippen LogP contribution >= 0.6 is 23.1 Å². The second-order valence-electron chi connectivity index (χ2n) is 8.90. The van der Waals surface area contributed by atoms with Gasteiger partial charge in [-0.05, 0) is 51.8 Å². The van der Waals surface area contributed by atoms with Gasteiger partial charge in [0.1, 0.15) is 5.01 Å². The van der Waals surface area contributed by atoms with Crippen LogP contribution in [0.2, 0.25) is 0 Å². The van der Waals surface area contributed by atoms with Crippen molar-refractivity contribution >= 4 is 40.7 Å². The van der Waals surface area contributed by atoms with Crippen LogP contribution in [0.25, 0.3) is 10.6 Å². The van der Waals surface area contributed by atoms with E-state index in [2.05, 4.69) is 33.7 Å². The van der Waals surface area contributed by atoms with Crippen LogP contribution in [-0.2, 0) is 17.6 Å². The quantitative estimate of drug-likeness (QED) is 0.462. The number of carbonyl (C=O) groups is 1. The van der Waals surface area contributed by atoms with E-state index < -0.39 is 0 Å². The molecule has 7 nitrogen and oxygen atoms in total. The molecule has 2 N–H and O–H groups in total. The van der Waals surface area contributed by atoms with E-state index in [1.807, 2.05) is 38.6 Å². The molecule has 1 aliphatic carbocycles. The number of thioether (sulfide) groups is 1. The van der Waals surface area contributed by atoms with Gasteiger partial charge in [-0.25, -0.2) is 9.78 Å². The lowest BCUT2D eigenvalue weighted by Crippen LogP contribution is -2.35. The predicted octanol–water partition coefficient (Wildman–Crippen LogP) is 5.79. The van der Waals surface area contributed by atoms with E-state index in [1.165, 1.54) is 28.2 Å². The van der Waals surface area contributed by atoms with Crippen molar-refractivity contribution in [3.8, 4) is 10.6 Å². The van der Waals surface area contributed by atoms with Gasteiger partial charge in [0.25, 0.3) is 0 Å². The van der Waals surface area contributed by atoms with Crippen molar-refractivity contribution in [3.63, 3.8) is 0 Å². The summed E-state index contributed by atoms with van der Waals surface area (Å²) in [5.74, 6) is 0.823. The maximum absolute atomic E-state index is 12.3. The van der Waals surface area contributed by atoms with Crippen LogP contribution in [0.15, 0.2) is 29.2 Å². The summed E-state index contributed by atoms with van der Waals surface area (Å²) >= 11 is 3.71. The molecule has 9 heteroatoms. The molecule has 0 unspecified atom stereocenters. The molecule has 3 aromatic rings. The number of aryl methyl sites for hydroxylation is 1. The topological polar surface area (TPSA) is 83.1 Å². The predicted molar refractivity (Wildman–Crippen MR) is 134 cm³/mol. The first-order valence-corrected chi connectivity index (χ1v) is 13.2. The molecule has 1 fully saturated rings. The van der Waals surface area contributed by atoms with Gasteiger partial charge in [0.2, 0.25) is 0 Å². The summed E-state index contributed by atoms with van der Waals surface area (Å²) in [5, 5.41) is 12.4. The van der Waals surface area contributed by atoms with Gasteiger partial charge in [-0.1, -0.05) is 0 Å². The van der Waals surface area contributed by atoms with E-state index in [0.717, 1.165) is 40.7 Å². The van der Waals surface area contributed by atoms with Gasteiger partial charge < -0.3 is 15.0 Å². The number of benzene rings is 1. The van der Waals surface area contributed by atoms with Crippen LogP contribution in [0, 0.1) is 6.92 Å². The van der Waals surface area contributed by atoms with E-state index in [9.17, 15) is 4.79 Å². The summed E-state index contributed by atoms with van der Waals surface area (Å²) in [6, 6.07) is 8.50. The van der Waals surface area contributed by atoms with E-state index >= 15 is 0 Å². The molecule has 1 saturated carbocycles. The number of nitrogens with zero attached hydrogens (tertiary/aromatic N) is 3. The Balaban J connectivity index is 1.36. The van der Waals surface area contributed by atoms with Crippen LogP contribution < -0.4 is 5.32 Å². The number of nitrogens with one attached hydrogen (secondary N) is 2. The minimum absolute atomic E-state index is 0.101. The number of fused-ring (bicyclic) bond motifs is 1. The normalized spacial score (nSPS) is 15.9. The van der Waals surface area contributed by atoms with Gasteiger partial charge in [0.15, 0.2) is 5.82 Å². The standard InChI is InChI=1S/C24H29N5O2S2/c1-14(2)31-24(30)29-10-8-19-20(9-11-29)33-23(26-19)18-7-4-16(13-21(18)32-17-5-6-17)25-22-12-15(3)27-28-22/h4,7,12-14,17H,5-6,8-11H2,1-3H3,(H2,25,27,28). The number of amides is 1. The maximum Gasteiger partial charge on any atom is 0.410 e. The molecule has 0 saturated heterocycles. The molecule has 1 amide bonds. The van der Waals surface area contributed by atoms with Crippen molar-refractivity contribution in [3.05, 3.63) is 40.5 Å². The summed E-state index contributed by atoms with van der Waals surface area (Å²) in [6.45, 7) is 7.09. The van der Waals surface area contributed by atoms with Crippen molar-refractivity contribution in [2.24, 2.45) is 0 Å². The Morgan fingerprint density at radius 2 is 2.09 bits per heavy atom. The van der Waals surface area contributed by atoms with Crippen LogP contribution in [0.5, 0.6) is 0 Å². The van der Waals surface area contributed by atoms with Crippen molar-refractivity contribution < 1.29 is 9.53 Å². The lowest BCUT2D eigenvalue weighted by atomic mass is 10.2. The molecule has 0 atom stereocenters. The molecule has 0 spiro atoms. The van der Waals surface area contributed by atoms with E-state index in [1.54, 1.807) is 16.2 Å². The number of aromatic amines is 1. The Morgan fingerprint density at radius 3 is 2.82 bits per heavy atom. The van der Waals surface area contributed by atoms with Gasteiger partial charge in [-0.2, -0.15) is 5.10 Å². The number of ether oxygens (including phenoxy) is 1. The first-order chi connectivity index (χ1) is 15.9. The number of hydrogen-bond donors (Lipinski definition) is 2. The van der Waals surface area contributed by atoms with Crippen LogP contribution in [-0.4, -0.2) is 50.6 Å². The van der Waals surface area contributed by atoms with Gasteiger partial charge in [0, 0.05) is 64.0 Å². The lowest BCUT2D eigenvalue weighted by molar-refractivity contribution is 0.0781. The third-order valence-corrected chi connectivity index (χ3v) is 8.20. The summed E-state index contributed by atoms with van der Waals surface area (Å²) < 4.78 is 5.38. The highest BCUT2D eigenvalue weighted by molar-refractivity contribution is 8.00. The zero-order valence-electron chi connectivity index (χ0n) is 19.2. The fourth-order valence-corrected chi connectivity index (χ4v) is 6.23. The third kappa shape index (κ3) is 5.35. The second-order valence-corrected chi connectivity index (χ2v) is 11.3. The number of hydrogen-bond acceptors (Lipinski definition) is 7. The molecule has 5 rings (SSSR count). The first kappa shape index (κ1) is 22.3. The summed E-state index contributed by atoms with van der Waals surface area (Å²) in [6.07, 6.45) is 3.81. The van der Waals surface area contributed by atoms with E-state index in [0.29, 0.717) is 18.3 Å². The Morgan fingerprint density at radius 1 is 1.27 bits per heavy atom. The van der Waals surface area contributed by atoms with Gasteiger partial charge in [0.05, 0.1) is 11.8 Å². The summed E-state index contributed by atoms with van der Waals surface area (Å²) in [5.41, 5.74) is 4.38. The maximum atomic E-state index is 12.3. The fraction of sp³-hybridized carbons (Fsp3) is 0.458. The minimum Gasteiger partial charge on any atom is -0.447 e. The number of aromatic nitrogens is 3. The molecular formula is C24H29N5O2S2. The SMILES string of the molecule is Cc1cc(Nc2ccc(-c3nc4c(s3)CCN(C(=O)OC(C)C)CC4)c(SC3CC3)c2)n[nH]1. The molecule has 3 heterocycles. The van der Waals surface area contributed by atoms with Crippen molar-refractivity contribution in [2.45, 2.75) is 62.7 Å². The summed E-state index contributed by atoms with van der Waals surface area (Å²) in [7, 11) is 0. The Kier molecular flexibility index (Phi) is 6.34. The zero-order chi connectivity index (χ0) is 22.9. The van der Waals surface area contributed by atoms with Crippen molar-refractivity contribution in [2.75, 3.05) is 18.4 Å². The second kappa shape index (κ2) is 9.38. The van der Waals surface area contributed by atoms with Crippen molar-refractivity contribution in [1.29, 1.82) is 0 Å². The largest absolute Gasteiger partial charge is 0.447 e. The smallest absolute Gasteiger partial charge is 0.410 e. The van der Waals surface area contributed by atoms with E-state index in [4.69, 9.17) is 9.72 Å². The number of rotatable bonds is 6. The molecule has 0 radical (unpaired) electrons. The summed E-state index contributed by atoms with van der Waals surface area (Å²) in [4.78, 5) is 21.7. The van der Waals surface area contributed by atoms with Gasteiger partial charge >= 0.3 is 6.09 Å².